The largest absolute Gasteiger partial charge is 0.380 e. The van der Waals surface area contributed by atoms with Crippen LogP contribution in [0.2, 0.25) is 0 Å². The van der Waals surface area contributed by atoms with Crippen molar-refractivity contribution in [1.82, 2.24) is 28.9 Å². The van der Waals surface area contributed by atoms with E-state index in [2.05, 4.69) is 24.5 Å². The summed E-state index contributed by atoms with van der Waals surface area (Å²) in [4.78, 5) is 8.75. The van der Waals surface area contributed by atoms with Gasteiger partial charge in [0.05, 0.1) is 23.6 Å². The summed E-state index contributed by atoms with van der Waals surface area (Å²) in [6, 6.07) is 3.79. The molecule has 1 atom stereocenters. The van der Waals surface area contributed by atoms with Crippen LogP contribution in [0.15, 0.2) is 18.3 Å². The van der Waals surface area contributed by atoms with Crippen LogP contribution < -0.4 is 9.80 Å². The lowest BCUT2D eigenvalue weighted by atomic mass is 10.2. The Kier molecular flexibility index (Phi) is 4.37. The number of nitrogens with zero attached hydrogens (tertiary/aromatic N) is 8. The van der Waals surface area contributed by atoms with Crippen LogP contribution >= 0.6 is 11.5 Å². The van der Waals surface area contributed by atoms with E-state index in [1.807, 2.05) is 42.9 Å². The maximum absolute atomic E-state index is 10.7. The van der Waals surface area contributed by atoms with Crippen LogP contribution in [-0.4, -0.2) is 54.7 Å². The maximum Gasteiger partial charge on any atom is 0.238 e. The summed E-state index contributed by atoms with van der Waals surface area (Å²) >= 11 is 1.41. The molecule has 0 amide bonds. The third kappa shape index (κ3) is 3.06. The third-order valence-electron chi connectivity index (χ3n) is 4.53. The Labute approximate surface area is 155 Å². The summed E-state index contributed by atoms with van der Waals surface area (Å²) < 4.78 is 8.06. The molecular weight excluding hydrogens is 352 g/mol. The number of aryl methyl sites for hydroxylation is 2. The summed E-state index contributed by atoms with van der Waals surface area (Å²) in [6.45, 7) is 2.43. The van der Waals surface area contributed by atoms with Crippen LogP contribution in [0.25, 0.3) is 0 Å². The van der Waals surface area contributed by atoms with Gasteiger partial charge in [0, 0.05) is 52.0 Å². The first-order chi connectivity index (χ1) is 12.5. The molecule has 4 heterocycles. The van der Waals surface area contributed by atoms with Crippen LogP contribution in [0, 0.1) is 0 Å². The van der Waals surface area contributed by atoms with Crippen LogP contribution in [0.3, 0.4) is 0 Å². The van der Waals surface area contributed by atoms with E-state index in [1.54, 1.807) is 10.9 Å². The molecule has 3 aromatic heterocycles. The minimum Gasteiger partial charge on any atom is -0.380 e. The van der Waals surface area contributed by atoms with E-state index in [0.717, 1.165) is 42.0 Å². The van der Waals surface area contributed by atoms with Crippen molar-refractivity contribution in [3.05, 3.63) is 35.4 Å². The smallest absolute Gasteiger partial charge is 0.238 e. The minimum atomic E-state index is -0.780. The predicted molar refractivity (Wildman–Crippen MR) is 99.4 cm³/mol. The van der Waals surface area contributed by atoms with Gasteiger partial charge in [-0.05, 0) is 18.6 Å². The molecular formula is C16H22N8OS. The van der Waals surface area contributed by atoms with Gasteiger partial charge in [-0.3, -0.25) is 9.36 Å². The van der Waals surface area contributed by atoms with Crippen molar-refractivity contribution in [3.8, 4) is 0 Å². The Hall–Kier alpha value is -2.46. The molecule has 0 aliphatic carbocycles. The standard InChI is InChI=1S/C16H22N8OS/c1-21(2)15-18-16(26-20-15)23-7-4-8-24-11(10-23)9-12(19-24)14(25)13-5-6-17-22(13)3/h5-6,9,14,25H,4,7-8,10H2,1-3H3/t14-/m0/s1. The molecule has 9 nitrogen and oxygen atoms in total. The number of aliphatic hydroxyl groups excluding tert-OH is 1. The van der Waals surface area contributed by atoms with Gasteiger partial charge in [-0.25, -0.2) is 0 Å². The Balaban J connectivity index is 1.58. The molecule has 3 aromatic rings. The van der Waals surface area contributed by atoms with Crippen molar-refractivity contribution >= 4 is 22.6 Å². The molecule has 0 saturated heterocycles. The van der Waals surface area contributed by atoms with Crippen molar-refractivity contribution in [2.45, 2.75) is 25.6 Å². The number of aliphatic hydroxyl groups is 1. The quantitative estimate of drug-likeness (QED) is 0.729. The highest BCUT2D eigenvalue weighted by atomic mass is 32.1. The second-order valence-corrected chi connectivity index (χ2v) is 7.34. The van der Waals surface area contributed by atoms with E-state index in [0.29, 0.717) is 12.2 Å². The average molecular weight is 374 g/mol. The van der Waals surface area contributed by atoms with Crippen LogP contribution in [0.4, 0.5) is 11.1 Å². The summed E-state index contributed by atoms with van der Waals surface area (Å²) in [6.07, 6.45) is 1.86. The van der Waals surface area contributed by atoms with Crippen LogP contribution in [0.5, 0.6) is 0 Å². The van der Waals surface area contributed by atoms with Crippen molar-refractivity contribution in [3.63, 3.8) is 0 Å². The summed E-state index contributed by atoms with van der Waals surface area (Å²) in [5.74, 6) is 0.732. The predicted octanol–water partition coefficient (Wildman–Crippen LogP) is 1.03. The SMILES string of the molecule is CN(C)c1nsc(N2CCCn3nc([C@H](O)c4ccnn4C)cc3C2)n1. The second-order valence-electron chi connectivity index (χ2n) is 6.61. The van der Waals surface area contributed by atoms with Gasteiger partial charge >= 0.3 is 0 Å². The Morgan fingerprint density at radius 1 is 1.31 bits per heavy atom. The topological polar surface area (TPSA) is 88.1 Å². The minimum absolute atomic E-state index is 0.650. The highest BCUT2D eigenvalue weighted by Crippen LogP contribution is 2.27. The molecule has 0 fully saturated rings. The molecule has 4 rings (SSSR count). The molecule has 0 radical (unpaired) electrons. The van der Waals surface area contributed by atoms with Crippen molar-refractivity contribution in [2.75, 3.05) is 30.4 Å². The third-order valence-corrected chi connectivity index (χ3v) is 5.29. The molecule has 1 aliphatic rings. The number of hydrogen-bond acceptors (Lipinski definition) is 8. The fourth-order valence-electron chi connectivity index (χ4n) is 3.10. The molecule has 26 heavy (non-hydrogen) atoms. The highest BCUT2D eigenvalue weighted by Gasteiger charge is 2.23. The maximum atomic E-state index is 10.7. The van der Waals surface area contributed by atoms with Crippen LogP contribution in [-0.2, 0) is 20.1 Å². The van der Waals surface area contributed by atoms with E-state index < -0.39 is 6.10 Å². The average Bonchev–Trinajstić information content (AvgIpc) is 3.32. The monoisotopic (exact) mass is 374 g/mol. The fraction of sp³-hybridized carbons (Fsp3) is 0.500. The highest BCUT2D eigenvalue weighted by molar-refractivity contribution is 7.09. The summed E-state index contributed by atoms with van der Waals surface area (Å²) in [5, 5.41) is 20.3. The lowest BCUT2D eigenvalue weighted by Gasteiger charge is -2.18. The van der Waals surface area contributed by atoms with Gasteiger partial charge in [-0.1, -0.05) is 0 Å². The van der Waals surface area contributed by atoms with Gasteiger partial charge in [0.1, 0.15) is 6.10 Å². The van der Waals surface area contributed by atoms with Gasteiger partial charge in [0.25, 0.3) is 0 Å². The van der Waals surface area contributed by atoms with Gasteiger partial charge < -0.3 is 14.9 Å². The van der Waals surface area contributed by atoms with Gasteiger partial charge in [0.2, 0.25) is 11.1 Å². The molecule has 1 aliphatic heterocycles. The van der Waals surface area contributed by atoms with E-state index in [9.17, 15) is 5.11 Å². The summed E-state index contributed by atoms with van der Waals surface area (Å²) in [5.41, 5.74) is 2.45. The summed E-state index contributed by atoms with van der Waals surface area (Å²) in [7, 11) is 5.70. The van der Waals surface area contributed by atoms with Crippen LogP contribution in [0.1, 0.15) is 29.6 Å². The molecule has 0 bridgehead atoms. The normalized spacial score (nSPS) is 15.6. The first-order valence-corrected chi connectivity index (χ1v) is 9.29. The molecule has 0 saturated carbocycles. The number of fused-ring (bicyclic) bond motifs is 1. The Bertz CT molecular complexity index is 898. The lowest BCUT2D eigenvalue weighted by molar-refractivity contribution is 0.203. The van der Waals surface area contributed by atoms with Gasteiger partial charge in [-0.15, -0.1) is 0 Å². The zero-order chi connectivity index (χ0) is 18.3. The number of hydrogen-bond donors (Lipinski definition) is 1. The molecule has 0 aromatic carbocycles. The van der Waals surface area contributed by atoms with E-state index in [-0.39, 0.29) is 0 Å². The molecule has 1 N–H and O–H groups in total. The first-order valence-electron chi connectivity index (χ1n) is 8.51. The van der Waals surface area contributed by atoms with E-state index >= 15 is 0 Å². The van der Waals surface area contributed by atoms with Crippen molar-refractivity contribution in [1.29, 1.82) is 0 Å². The van der Waals surface area contributed by atoms with Crippen molar-refractivity contribution < 1.29 is 5.11 Å². The Morgan fingerprint density at radius 2 is 2.15 bits per heavy atom. The van der Waals surface area contributed by atoms with Gasteiger partial charge in [-0.2, -0.15) is 19.6 Å². The molecule has 10 heteroatoms. The fourth-order valence-corrected chi connectivity index (χ4v) is 3.86. The first kappa shape index (κ1) is 17.0. The molecule has 0 unspecified atom stereocenters. The van der Waals surface area contributed by atoms with E-state index in [1.165, 1.54) is 11.5 Å². The van der Waals surface area contributed by atoms with E-state index in [4.69, 9.17) is 0 Å². The Morgan fingerprint density at radius 3 is 2.85 bits per heavy atom. The molecule has 138 valence electrons. The number of anilines is 2. The zero-order valence-electron chi connectivity index (χ0n) is 15.1. The zero-order valence-corrected chi connectivity index (χ0v) is 15.9. The second kappa shape index (κ2) is 6.69. The number of aromatic nitrogens is 6. The van der Waals surface area contributed by atoms with Gasteiger partial charge in [0.15, 0.2) is 0 Å². The van der Waals surface area contributed by atoms with Crippen molar-refractivity contribution in [2.24, 2.45) is 7.05 Å². The molecule has 0 spiro atoms. The lowest BCUT2D eigenvalue weighted by Crippen LogP contribution is -2.22. The number of rotatable bonds is 4.